The molecule has 4 aromatic rings. The Bertz CT molecular complexity index is 1230. The van der Waals surface area contributed by atoms with Crippen LogP contribution in [0.25, 0.3) is 22.0 Å². The van der Waals surface area contributed by atoms with Gasteiger partial charge >= 0.3 is 0 Å². The third-order valence-corrected chi connectivity index (χ3v) is 6.86. The maximum atomic E-state index is 12.7. The topological polar surface area (TPSA) is 48.5 Å². The van der Waals surface area contributed by atoms with Crippen LogP contribution < -0.4 is 10.2 Å². The molecule has 1 N–H and O–H groups in total. The number of halogens is 1. The Morgan fingerprint density at radius 1 is 0.969 bits per heavy atom. The molecule has 0 spiro atoms. The van der Waals surface area contributed by atoms with Gasteiger partial charge in [0.05, 0.1) is 12.2 Å². The molecule has 0 bridgehead atoms. The number of carbonyl (C=O) groups is 1. The smallest absolute Gasteiger partial charge is 0.238 e. The lowest BCUT2D eigenvalue weighted by Crippen LogP contribution is -2.48. The van der Waals surface area contributed by atoms with Gasteiger partial charge in [0.15, 0.2) is 5.13 Å². The Morgan fingerprint density at radius 2 is 1.72 bits per heavy atom. The van der Waals surface area contributed by atoms with E-state index in [-0.39, 0.29) is 5.91 Å². The summed E-state index contributed by atoms with van der Waals surface area (Å²) in [6.07, 6.45) is 0. The van der Waals surface area contributed by atoms with Crippen molar-refractivity contribution in [3.63, 3.8) is 0 Å². The van der Waals surface area contributed by atoms with E-state index in [2.05, 4.69) is 32.6 Å². The number of anilines is 2. The molecule has 0 aliphatic carbocycles. The standard InChI is InChI=1S/C25H23ClN4OS/c26-20-10-8-19(9-11-20)23-17-32-25(28-23)30-14-12-29(13-15-30)16-24(31)27-22-7-3-5-18-4-1-2-6-21(18)22/h1-11,17H,12-16H2,(H,27,31). The number of nitrogens with one attached hydrogen (secondary N) is 1. The first-order valence-corrected chi connectivity index (χ1v) is 11.9. The Kier molecular flexibility index (Phi) is 6.08. The predicted molar refractivity (Wildman–Crippen MR) is 134 cm³/mol. The zero-order valence-electron chi connectivity index (χ0n) is 17.5. The first kappa shape index (κ1) is 20.9. The Hall–Kier alpha value is -2.93. The molecule has 5 nitrogen and oxygen atoms in total. The molecule has 3 aromatic carbocycles. The summed E-state index contributed by atoms with van der Waals surface area (Å²) < 4.78 is 0. The minimum Gasteiger partial charge on any atom is -0.346 e. The van der Waals surface area contributed by atoms with E-state index in [0.717, 1.165) is 64.1 Å². The fraction of sp³-hybridized carbons (Fsp3) is 0.200. The average Bonchev–Trinajstić information content (AvgIpc) is 3.31. The number of rotatable bonds is 5. The van der Waals surface area contributed by atoms with Gasteiger partial charge in [0.2, 0.25) is 5.91 Å². The third kappa shape index (κ3) is 4.63. The lowest BCUT2D eigenvalue weighted by atomic mass is 10.1. The monoisotopic (exact) mass is 462 g/mol. The summed E-state index contributed by atoms with van der Waals surface area (Å²) in [6, 6.07) is 21.8. The molecule has 5 rings (SSSR count). The first-order valence-electron chi connectivity index (χ1n) is 10.6. The van der Waals surface area contributed by atoms with Gasteiger partial charge in [0.1, 0.15) is 0 Å². The fourth-order valence-corrected chi connectivity index (χ4v) is 5.00. The molecule has 0 radical (unpaired) electrons. The number of hydrogen-bond donors (Lipinski definition) is 1. The molecule has 1 aromatic heterocycles. The van der Waals surface area contributed by atoms with Crippen LogP contribution in [0.15, 0.2) is 72.1 Å². The van der Waals surface area contributed by atoms with E-state index >= 15 is 0 Å². The normalized spacial score (nSPS) is 14.6. The van der Waals surface area contributed by atoms with E-state index < -0.39 is 0 Å². The number of fused-ring (bicyclic) bond motifs is 1. The first-order chi connectivity index (χ1) is 15.7. The van der Waals surface area contributed by atoms with Crippen LogP contribution in [-0.4, -0.2) is 48.5 Å². The van der Waals surface area contributed by atoms with Crippen molar-refractivity contribution in [1.82, 2.24) is 9.88 Å². The molecule has 1 aliphatic rings. The van der Waals surface area contributed by atoms with Gasteiger partial charge in [-0.25, -0.2) is 4.98 Å². The molecule has 162 valence electrons. The van der Waals surface area contributed by atoms with E-state index in [9.17, 15) is 4.79 Å². The summed E-state index contributed by atoms with van der Waals surface area (Å²) in [6.45, 7) is 3.77. The van der Waals surface area contributed by atoms with Crippen molar-refractivity contribution < 1.29 is 4.79 Å². The largest absolute Gasteiger partial charge is 0.346 e. The van der Waals surface area contributed by atoms with Gasteiger partial charge in [0, 0.05) is 53.2 Å². The highest BCUT2D eigenvalue weighted by atomic mass is 35.5. The van der Waals surface area contributed by atoms with E-state index in [4.69, 9.17) is 16.6 Å². The van der Waals surface area contributed by atoms with E-state index in [1.54, 1.807) is 11.3 Å². The SMILES string of the molecule is O=C(CN1CCN(c2nc(-c3ccc(Cl)cc3)cs2)CC1)Nc1cccc2ccccc12. The van der Waals surface area contributed by atoms with E-state index in [1.165, 1.54) is 0 Å². The number of piperazine rings is 1. The molecule has 0 atom stereocenters. The number of carbonyl (C=O) groups excluding carboxylic acids is 1. The van der Waals surface area contributed by atoms with Gasteiger partial charge < -0.3 is 10.2 Å². The third-order valence-electron chi connectivity index (χ3n) is 5.71. The molecular formula is C25H23ClN4OS. The summed E-state index contributed by atoms with van der Waals surface area (Å²) in [4.78, 5) is 22.0. The lowest BCUT2D eigenvalue weighted by Gasteiger charge is -2.34. The molecule has 2 heterocycles. The summed E-state index contributed by atoms with van der Waals surface area (Å²) in [7, 11) is 0. The molecule has 0 saturated carbocycles. The predicted octanol–water partition coefficient (Wildman–Crippen LogP) is 5.38. The highest BCUT2D eigenvalue weighted by molar-refractivity contribution is 7.14. The van der Waals surface area contributed by atoms with Gasteiger partial charge in [-0.15, -0.1) is 11.3 Å². The van der Waals surface area contributed by atoms with Crippen molar-refractivity contribution in [2.75, 3.05) is 42.9 Å². The van der Waals surface area contributed by atoms with Crippen molar-refractivity contribution >= 4 is 50.4 Å². The van der Waals surface area contributed by atoms with Crippen molar-refractivity contribution in [1.29, 1.82) is 0 Å². The van der Waals surface area contributed by atoms with Crippen LogP contribution in [0.3, 0.4) is 0 Å². The van der Waals surface area contributed by atoms with E-state index in [1.807, 2.05) is 54.6 Å². The number of amides is 1. The molecule has 32 heavy (non-hydrogen) atoms. The molecule has 1 fully saturated rings. The molecule has 7 heteroatoms. The van der Waals surface area contributed by atoms with E-state index in [0.29, 0.717) is 6.54 Å². The maximum absolute atomic E-state index is 12.7. The lowest BCUT2D eigenvalue weighted by molar-refractivity contribution is -0.117. The Morgan fingerprint density at radius 3 is 2.53 bits per heavy atom. The van der Waals surface area contributed by atoms with Gasteiger partial charge in [0.25, 0.3) is 0 Å². The highest BCUT2D eigenvalue weighted by Crippen LogP contribution is 2.29. The maximum Gasteiger partial charge on any atom is 0.238 e. The average molecular weight is 463 g/mol. The minimum atomic E-state index is 0.0223. The number of nitrogens with zero attached hydrogens (tertiary/aromatic N) is 3. The Balaban J connectivity index is 1.16. The zero-order valence-corrected chi connectivity index (χ0v) is 19.1. The number of benzene rings is 3. The summed E-state index contributed by atoms with van der Waals surface area (Å²) >= 11 is 7.64. The molecule has 1 saturated heterocycles. The zero-order chi connectivity index (χ0) is 21.9. The van der Waals surface area contributed by atoms with Crippen LogP contribution in [0, 0.1) is 0 Å². The van der Waals surface area contributed by atoms with Gasteiger partial charge in [-0.2, -0.15) is 0 Å². The quantitative estimate of drug-likeness (QED) is 0.432. The highest BCUT2D eigenvalue weighted by Gasteiger charge is 2.21. The van der Waals surface area contributed by atoms with Crippen LogP contribution in [0.1, 0.15) is 0 Å². The van der Waals surface area contributed by atoms with Crippen molar-refractivity contribution in [3.05, 3.63) is 77.1 Å². The fourth-order valence-electron chi connectivity index (χ4n) is 3.99. The Labute approximate surface area is 196 Å². The molecule has 1 aliphatic heterocycles. The number of hydrogen-bond acceptors (Lipinski definition) is 5. The molecule has 0 unspecified atom stereocenters. The van der Waals surface area contributed by atoms with Crippen LogP contribution in [0.4, 0.5) is 10.8 Å². The second-order valence-corrected chi connectivity index (χ2v) is 9.13. The minimum absolute atomic E-state index is 0.0223. The van der Waals surface area contributed by atoms with Gasteiger partial charge in [-0.05, 0) is 23.6 Å². The summed E-state index contributed by atoms with van der Waals surface area (Å²) in [5, 5.41) is 9.11. The van der Waals surface area contributed by atoms with Crippen LogP contribution in [0.5, 0.6) is 0 Å². The van der Waals surface area contributed by atoms with Crippen LogP contribution in [-0.2, 0) is 4.79 Å². The molecule has 1 amide bonds. The van der Waals surface area contributed by atoms with Crippen LogP contribution >= 0.6 is 22.9 Å². The second kappa shape index (κ2) is 9.28. The second-order valence-electron chi connectivity index (χ2n) is 7.86. The molecular weight excluding hydrogens is 440 g/mol. The van der Waals surface area contributed by atoms with Crippen molar-refractivity contribution in [2.24, 2.45) is 0 Å². The number of thiazole rings is 1. The van der Waals surface area contributed by atoms with Gasteiger partial charge in [-0.1, -0.05) is 60.1 Å². The summed E-state index contributed by atoms with van der Waals surface area (Å²) in [5.74, 6) is 0.0223. The van der Waals surface area contributed by atoms with Crippen molar-refractivity contribution in [3.8, 4) is 11.3 Å². The van der Waals surface area contributed by atoms with Crippen LogP contribution in [0.2, 0.25) is 5.02 Å². The van der Waals surface area contributed by atoms with Crippen molar-refractivity contribution in [2.45, 2.75) is 0 Å². The van der Waals surface area contributed by atoms with Gasteiger partial charge in [-0.3, -0.25) is 9.69 Å². The number of aromatic nitrogens is 1. The summed E-state index contributed by atoms with van der Waals surface area (Å²) in [5.41, 5.74) is 2.91.